The third-order valence-electron chi connectivity index (χ3n) is 3.47. The van der Waals surface area contributed by atoms with E-state index in [4.69, 9.17) is 0 Å². The van der Waals surface area contributed by atoms with Crippen LogP contribution in [0.25, 0.3) is 0 Å². The van der Waals surface area contributed by atoms with Gasteiger partial charge in [-0.25, -0.2) is 0 Å². The highest BCUT2D eigenvalue weighted by Gasteiger charge is 2.31. The molecule has 1 rings (SSSR count). The van der Waals surface area contributed by atoms with Gasteiger partial charge in [0.15, 0.2) is 0 Å². The lowest BCUT2D eigenvalue weighted by Gasteiger charge is -2.30. The van der Waals surface area contributed by atoms with E-state index in [0.29, 0.717) is 5.66 Å². The van der Waals surface area contributed by atoms with Crippen LogP contribution in [-0.4, -0.2) is 18.8 Å². The first-order valence-corrected chi connectivity index (χ1v) is 6.83. The molecule has 1 aliphatic rings. The molecule has 1 fully saturated rings. The summed E-state index contributed by atoms with van der Waals surface area (Å²) in [5.74, 6) is 0. The van der Waals surface area contributed by atoms with Crippen LogP contribution in [0.1, 0.15) is 65.2 Å². The van der Waals surface area contributed by atoms with Gasteiger partial charge in [0.1, 0.15) is 0 Å². The summed E-state index contributed by atoms with van der Waals surface area (Å²) >= 11 is 0. The number of hydrogen-bond donors (Lipinski definition) is 2. The first-order valence-electron chi connectivity index (χ1n) is 6.83. The molecule has 0 aromatic rings. The summed E-state index contributed by atoms with van der Waals surface area (Å²) in [6, 6.07) is 0. The van der Waals surface area contributed by atoms with Crippen LogP contribution in [0, 0.1) is 0 Å². The third kappa shape index (κ3) is 4.52. The molecule has 0 aromatic carbocycles. The Labute approximate surface area is 95.2 Å². The Morgan fingerprint density at radius 2 is 1.27 bits per heavy atom. The molecule has 0 atom stereocenters. The lowest BCUT2D eigenvalue weighted by Crippen LogP contribution is -2.48. The van der Waals surface area contributed by atoms with E-state index in [2.05, 4.69) is 24.5 Å². The van der Waals surface area contributed by atoms with Crippen molar-refractivity contribution in [3.8, 4) is 0 Å². The monoisotopic (exact) mass is 212 g/mol. The maximum absolute atomic E-state index is 3.68. The quantitative estimate of drug-likeness (QED) is 0.604. The van der Waals surface area contributed by atoms with Crippen molar-refractivity contribution in [2.75, 3.05) is 13.1 Å². The maximum Gasteiger partial charge on any atom is 0.0688 e. The van der Waals surface area contributed by atoms with Crippen molar-refractivity contribution in [1.82, 2.24) is 10.6 Å². The lowest BCUT2D eigenvalue weighted by molar-refractivity contribution is 0.268. The van der Waals surface area contributed by atoms with Crippen LogP contribution in [-0.2, 0) is 0 Å². The second-order valence-electron chi connectivity index (χ2n) is 4.85. The van der Waals surface area contributed by atoms with Gasteiger partial charge in [-0.1, -0.05) is 52.4 Å². The zero-order valence-electron chi connectivity index (χ0n) is 10.6. The first kappa shape index (κ1) is 13.0. The molecule has 2 heteroatoms. The summed E-state index contributed by atoms with van der Waals surface area (Å²) in [7, 11) is 0. The smallest absolute Gasteiger partial charge is 0.0688 e. The van der Waals surface area contributed by atoms with Gasteiger partial charge in [-0.3, -0.25) is 10.6 Å². The van der Waals surface area contributed by atoms with Gasteiger partial charge >= 0.3 is 0 Å². The molecular formula is C13H28N2. The van der Waals surface area contributed by atoms with Gasteiger partial charge < -0.3 is 0 Å². The van der Waals surface area contributed by atoms with Crippen LogP contribution < -0.4 is 10.6 Å². The van der Waals surface area contributed by atoms with Gasteiger partial charge in [0, 0.05) is 13.1 Å². The number of hydrogen-bond acceptors (Lipinski definition) is 2. The van der Waals surface area contributed by atoms with Crippen molar-refractivity contribution < 1.29 is 0 Å². The molecule has 1 aliphatic heterocycles. The predicted octanol–water partition coefficient (Wildman–Crippen LogP) is 3.04. The molecule has 1 saturated heterocycles. The summed E-state index contributed by atoms with van der Waals surface area (Å²) in [6.07, 6.45) is 10.7. The number of nitrogens with one attached hydrogen (secondary N) is 2. The molecule has 2 nitrogen and oxygen atoms in total. The predicted molar refractivity (Wildman–Crippen MR) is 67.0 cm³/mol. The first-order chi connectivity index (χ1) is 7.33. The van der Waals surface area contributed by atoms with Crippen LogP contribution in [0.4, 0.5) is 0 Å². The zero-order chi connectivity index (χ0) is 11.0. The molecule has 1 heterocycles. The van der Waals surface area contributed by atoms with Crippen LogP contribution >= 0.6 is 0 Å². The van der Waals surface area contributed by atoms with E-state index in [-0.39, 0.29) is 0 Å². The minimum absolute atomic E-state index is 0.296. The van der Waals surface area contributed by atoms with Crippen molar-refractivity contribution in [3.63, 3.8) is 0 Å². The Morgan fingerprint density at radius 3 is 1.67 bits per heavy atom. The molecule has 0 spiro atoms. The normalized spacial score (nSPS) is 19.6. The molecule has 15 heavy (non-hydrogen) atoms. The molecule has 0 aliphatic carbocycles. The van der Waals surface area contributed by atoms with Crippen LogP contribution in [0.2, 0.25) is 0 Å². The second-order valence-corrected chi connectivity index (χ2v) is 4.85. The molecule has 2 N–H and O–H groups in total. The van der Waals surface area contributed by atoms with E-state index in [1.54, 1.807) is 0 Å². The summed E-state index contributed by atoms with van der Waals surface area (Å²) in [5.41, 5.74) is 0.296. The van der Waals surface area contributed by atoms with Crippen molar-refractivity contribution in [2.24, 2.45) is 0 Å². The van der Waals surface area contributed by atoms with E-state index >= 15 is 0 Å². The summed E-state index contributed by atoms with van der Waals surface area (Å²) in [4.78, 5) is 0. The minimum atomic E-state index is 0.296. The summed E-state index contributed by atoms with van der Waals surface area (Å²) in [6.45, 7) is 6.86. The van der Waals surface area contributed by atoms with Gasteiger partial charge in [0.05, 0.1) is 5.66 Å². The highest BCUT2D eigenvalue weighted by molar-refractivity contribution is 4.90. The SMILES string of the molecule is CCCCCC1(CCCCC)NCCN1. The molecular weight excluding hydrogens is 184 g/mol. The highest BCUT2D eigenvalue weighted by atomic mass is 15.2. The number of unbranched alkanes of at least 4 members (excludes halogenated alkanes) is 4. The molecule has 0 bridgehead atoms. The van der Waals surface area contributed by atoms with E-state index in [9.17, 15) is 0 Å². The summed E-state index contributed by atoms with van der Waals surface area (Å²) < 4.78 is 0. The van der Waals surface area contributed by atoms with Gasteiger partial charge in [-0.05, 0) is 12.8 Å². The standard InChI is InChI=1S/C13H28N2/c1-3-5-7-9-13(10-8-6-4-2)14-11-12-15-13/h14-15H,3-12H2,1-2H3. The fourth-order valence-electron chi connectivity index (χ4n) is 2.50. The van der Waals surface area contributed by atoms with E-state index in [1.165, 1.54) is 51.4 Å². The van der Waals surface area contributed by atoms with Gasteiger partial charge in [-0.15, -0.1) is 0 Å². The maximum atomic E-state index is 3.68. The molecule has 0 amide bonds. The fraction of sp³-hybridized carbons (Fsp3) is 1.00. The number of rotatable bonds is 8. The van der Waals surface area contributed by atoms with Crippen LogP contribution in [0.15, 0.2) is 0 Å². The molecule has 90 valence electrons. The Balaban J connectivity index is 2.26. The second kappa shape index (κ2) is 7.24. The van der Waals surface area contributed by atoms with Crippen molar-refractivity contribution in [3.05, 3.63) is 0 Å². The van der Waals surface area contributed by atoms with Crippen molar-refractivity contribution in [2.45, 2.75) is 70.9 Å². The Hall–Kier alpha value is -0.0800. The van der Waals surface area contributed by atoms with E-state index in [0.717, 1.165) is 13.1 Å². The van der Waals surface area contributed by atoms with Crippen molar-refractivity contribution in [1.29, 1.82) is 0 Å². The Bertz CT molecular complexity index is 139. The average molecular weight is 212 g/mol. The highest BCUT2D eigenvalue weighted by Crippen LogP contribution is 2.21. The third-order valence-corrected chi connectivity index (χ3v) is 3.47. The van der Waals surface area contributed by atoms with Crippen LogP contribution in [0.5, 0.6) is 0 Å². The van der Waals surface area contributed by atoms with Crippen molar-refractivity contribution >= 4 is 0 Å². The average Bonchev–Trinajstić information content (AvgIpc) is 2.68. The molecule has 0 saturated carbocycles. The topological polar surface area (TPSA) is 24.1 Å². The molecule has 0 unspecified atom stereocenters. The fourth-order valence-corrected chi connectivity index (χ4v) is 2.50. The Morgan fingerprint density at radius 1 is 0.800 bits per heavy atom. The molecule has 0 radical (unpaired) electrons. The molecule has 0 aromatic heterocycles. The van der Waals surface area contributed by atoms with Gasteiger partial charge in [0.25, 0.3) is 0 Å². The summed E-state index contributed by atoms with van der Waals surface area (Å²) in [5, 5.41) is 7.35. The van der Waals surface area contributed by atoms with Gasteiger partial charge in [0.2, 0.25) is 0 Å². The van der Waals surface area contributed by atoms with Gasteiger partial charge in [-0.2, -0.15) is 0 Å². The Kier molecular flexibility index (Phi) is 6.26. The van der Waals surface area contributed by atoms with E-state index < -0.39 is 0 Å². The lowest BCUT2D eigenvalue weighted by atomic mass is 9.96. The van der Waals surface area contributed by atoms with Crippen LogP contribution in [0.3, 0.4) is 0 Å². The zero-order valence-corrected chi connectivity index (χ0v) is 10.6. The van der Waals surface area contributed by atoms with E-state index in [1.807, 2.05) is 0 Å². The largest absolute Gasteiger partial charge is 0.298 e. The minimum Gasteiger partial charge on any atom is -0.298 e.